The van der Waals surface area contributed by atoms with Crippen molar-refractivity contribution in [2.24, 2.45) is 5.73 Å². The van der Waals surface area contributed by atoms with Crippen LogP contribution in [-0.4, -0.2) is 4.32 Å². The number of thiocarbonyl (C=S) groups is 1. The second kappa shape index (κ2) is 8.31. The average molecular weight is 325 g/mol. The van der Waals surface area contributed by atoms with Crippen LogP contribution in [0.15, 0.2) is 60.7 Å². The molecule has 0 aliphatic carbocycles. The van der Waals surface area contributed by atoms with Crippen molar-refractivity contribution < 1.29 is 18.3 Å². The van der Waals surface area contributed by atoms with Gasteiger partial charge in [-0.2, -0.15) is 0 Å². The second-order valence-electron chi connectivity index (χ2n) is 3.69. The van der Waals surface area contributed by atoms with Crippen LogP contribution < -0.4 is 5.73 Å². The minimum atomic E-state index is 0.0833. The van der Waals surface area contributed by atoms with Gasteiger partial charge in [0.15, 0.2) is 0 Å². The molecule has 0 amide bonds. The van der Waals surface area contributed by atoms with Gasteiger partial charge in [-0.3, -0.25) is 0 Å². The summed E-state index contributed by atoms with van der Waals surface area (Å²) in [6.07, 6.45) is 0. The Labute approximate surface area is 129 Å². The molecule has 88 valence electrons. The Kier molecular flexibility index (Phi) is 7.03. The van der Waals surface area contributed by atoms with Crippen LogP contribution in [0.4, 0.5) is 0 Å². The van der Waals surface area contributed by atoms with E-state index in [-0.39, 0.29) is 4.32 Å². The fourth-order valence-electron chi connectivity index (χ4n) is 1.56. The predicted molar refractivity (Wildman–Crippen MR) is 78.9 cm³/mol. The summed E-state index contributed by atoms with van der Waals surface area (Å²) in [5.74, 6) is 0. The summed E-state index contributed by atoms with van der Waals surface area (Å²) in [4.78, 5) is 0. The summed E-state index contributed by atoms with van der Waals surface area (Å²) in [5, 5.41) is 0. The Morgan fingerprint density at radius 2 is 1.22 bits per heavy atom. The Morgan fingerprint density at radius 1 is 0.944 bits per heavy atom. The van der Waals surface area contributed by atoms with E-state index in [9.17, 15) is 0 Å². The number of benzene rings is 2. The Bertz CT molecular complexity index is 430. The van der Waals surface area contributed by atoms with Gasteiger partial charge in [-0.25, -0.2) is 0 Å². The summed E-state index contributed by atoms with van der Waals surface area (Å²) in [5.41, 5.74) is 7.52. The van der Waals surface area contributed by atoms with Gasteiger partial charge in [0, 0.05) is 0 Å². The molecule has 2 aromatic rings. The van der Waals surface area contributed by atoms with Gasteiger partial charge in [-0.15, -0.1) is 0 Å². The van der Waals surface area contributed by atoms with Crippen LogP contribution in [0.1, 0.15) is 15.6 Å². The zero-order chi connectivity index (χ0) is 13.4. The van der Waals surface area contributed by atoms with E-state index in [0.29, 0.717) is 4.51 Å². The van der Waals surface area contributed by atoms with Gasteiger partial charge in [0.2, 0.25) is 0 Å². The third-order valence-corrected chi connectivity index (χ3v) is 4.38. The van der Waals surface area contributed by atoms with Gasteiger partial charge >= 0.3 is 94.6 Å². The zero-order valence-corrected chi connectivity index (χ0v) is 14.6. The summed E-state index contributed by atoms with van der Waals surface area (Å²) < 4.78 is 0.692. The normalized spacial score (nSPS) is 9.50. The zero-order valence-electron chi connectivity index (χ0n) is 9.95. The van der Waals surface area contributed by atoms with Crippen molar-refractivity contribution in [1.29, 1.82) is 0 Å². The van der Waals surface area contributed by atoms with Crippen molar-refractivity contribution in [3.63, 3.8) is 0 Å². The maximum absolute atomic E-state index is 4.66. The van der Waals surface area contributed by atoms with Crippen LogP contribution in [0.3, 0.4) is 0 Å². The van der Waals surface area contributed by atoms with Crippen LogP contribution >= 0.6 is 12.2 Å². The molecular weight excluding hydrogens is 312 g/mol. The van der Waals surface area contributed by atoms with Crippen molar-refractivity contribution >= 4 is 29.2 Å². The molecule has 0 spiro atoms. The van der Waals surface area contributed by atoms with E-state index in [2.05, 4.69) is 91.2 Å². The fourth-order valence-corrected chi connectivity index (χ4v) is 2.71. The second-order valence-corrected chi connectivity index (χ2v) is 6.54. The van der Waals surface area contributed by atoms with Gasteiger partial charge in [0.25, 0.3) is 0 Å². The molecule has 0 saturated carbocycles. The molecule has 2 aromatic carbocycles. The summed E-state index contributed by atoms with van der Waals surface area (Å²) in [7, 11) is 0. The minimum absolute atomic E-state index is 0.0833. The number of hydrogen-bond acceptors (Lipinski definition) is 2. The SMILES string of the molecule is NC(=S)[S-].[Zn+][CH](c1ccccc1)c1ccccc1. The Morgan fingerprint density at radius 3 is 1.50 bits per heavy atom. The molecule has 0 aliphatic rings. The van der Waals surface area contributed by atoms with Crippen molar-refractivity contribution in [3.05, 3.63) is 71.8 Å². The van der Waals surface area contributed by atoms with Gasteiger partial charge in [0.05, 0.1) is 0 Å². The van der Waals surface area contributed by atoms with Crippen molar-refractivity contribution in [1.82, 2.24) is 0 Å². The van der Waals surface area contributed by atoms with Crippen LogP contribution in [-0.2, 0) is 30.9 Å². The topological polar surface area (TPSA) is 26.0 Å². The van der Waals surface area contributed by atoms with E-state index >= 15 is 0 Å². The number of rotatable bonds is 2. The average Bonchev–Trinajstić information content (AvgIpc) is 2.39. The van der Waals surface area contributed by atoms with Crippen molar-refractivity contribution in [2.45, 2.75) is 4.51 Å². The van der Waals surface area contributed by atoms with E-state index in [1.807, 2.05) is 0 Å². The van der Waals surface area contributed by atoms with Gasteiger partial charge in [-0.1, -0.05) is 4.32 Å². The van der Waals surface area contributed by atoms with Crippen LogP contribution in [0.25, 0.3) is 0 Å². The molecule has 0 bridgehead atoms. The third-order valence-electron chi connectivity index (χ3n) is 2.40. The first-order chi connectivity index (χ1) is 8.61. The van der Waals surface area contributed by atoms with E-state index in [4.69, 9.17) is 0 Å². The van der Waals surface area contributed by atoms with Crippen LogP contribution in [0.5, 0.6) is 0 Å². The molecule has 4 heteroatoms. The Hall–Kier alpha value is -0.827. The van der Waals surface area contributed by atoms with Crippen molar-refractivity contribution in [3.8, 4) is 0 Å². The van der Waals surface area contributed by atoms with Crippen LogP contribution in [0, 0.1) is 0 Å². The van der Waals surface area contributed by atoms with Gasteiger partial charge in [-0.05, 0) is 0 Å². The van der Waals surface area contributed by atoms with E-state index < -0.39 is 0 Å². The monoisotopic (exact) mass is 323 g/mol. The first kappa shape index (κ1) is 15.2. The van der Waals surface area contributed by atoms with Gasteiger partial charge < -0.3 is 30.6 Å². The van der Waals surface area contributed by atoms with E-state index in [1.165, 1.54) is 29.4 Å². The molecule has 0 atom stereocenters. The molecular formula is C14H13NS2Zn. The molecule has 1 nitrogen and oxygen atoms in total. The molecule has 18 heavy (non-hydrogen) atoms. The predicted octanol–water partition coefficient (Wildman–Crippen LogP) is 3.10. The summed E-state index contributed by atoms with van der Waals surface area (Å²) in [6.45, 7) is 0. The standard InChI is InChI=1S/C13H11.CH3NS2.Zn/c1-3-7-12(8-4-1)11-13-9-5-2-6-10-13;2-1(3)4;/h1-11H;(H3,2,3,4);/q;;+1/p-1. The molecule has 0 unspecified atom stereocenters. The Balaban J connectivity index is 0.000000357. The van der Waals surface area contributed by atoms with E-state index in [1.54, 1.807) is 0 Å². The maximum atomic E-state index is 4.66. The van der Waals surface area contributed by atoms with Gasteiger partial charge in [0.1, 0.15) is 0 Å². The molecule has 0 radical (unpaired) electrons. The first-order valence-corrected chi connectivity index (χ1v) is 8.03. The molecule has 2 rings (SSSR count). The van der Waals surface area contributed by atoms with E-state index in [0.717, 1.165) is 0 Å². The molecule has 0 saturated heterocycles. The molecule has 0 fully saturated rings. The quantitative estimate of drug-likeness (QED) is 0.522. The molecule has 2 N–H and O–H groups in total. The summed E-state index contributed by atoms with van der Waals surface area (Å²) in [6, 6.07) is 21.4. The number of nitrogens with two attached hydrogens (primary N) is 1. The fraction of sp³-hybridized carbons (Fsp3) is 0.0714. The van der Waals surface area contributed by atoms with Crippen LogP contribution in [0.2, 0.25) is 0 Å². The molecule has 0 aromatic heterocycles. The molecule has 0 heterocycles. The first-order valence-electron chi connectivity index (χ1n) is 5.50. The molecule has 0 aliphatic heterocycles. The summed E-state index contributed by atoms with van der Waals surface area (Å²) >= 11 is 9.53. The number of hydrogen-bond donors (Lipinski definition) is 1. The van der Waals surface area contributed by atoms with Crippen molar-refractivity contribution in [2.75, 3.05) is 0 Å². The third kappa shape index (κ3) is 5.68.